The highest BCUT2D eigenvalue weighted by atomic mass is 16.4. The van der Waals surface area contributed by atoms with E-state index in [2.05, 4.69) is 6.92 Å². The smallest absolute Gasteiger partial charge is 0.303 e. The molecule has 1 rings (SSSR count). The Hall–Kier alpha value is -0.570. The molecule has 0 radical (unpaired) electrons. The molecule has 0 heterocycles. The minimum absolute atomic E-state index is 0.161. The van der Waals surface area contributed by atoms with E-state index in [0.717, 1.165) is 12.3 Å². The molecule has 0 saturated heterocycles. The molecule has 2 atom stereocenters. The van der Waals surface area contributed by atoms with E-state index in [0.29, 0.717) is 12.5 Å². The predicted octanol–water partition coefficient (Wildman–Crippen LogP) is 2.64. The Morgan fingerprint density at radius 3 is 2.69 bits per heavy atom. The van der Waals surface area contributed by atoms with Crippen LogP contribution in [0.3, 0.4) is 0 Å². The minimum Gasteiger partial charge on any atom is -0.481 e. The van der Waals surface area contributed by atoms with Crippen molar-refractivity contribution >= 4 is 5.97 Å². The Kier molecular flexibility index (Phi) is 5.81. The number of hydrogen-bond acceptors (Lipinski definition) is 2. The van der Waals surface area contributed by atoms with Crippen LogP contribution >= 0.6 is 0 Å². The van der Waals surface area contributed by atoms with Crippen molar-refractivity contribution in [3.63, 3.8) is 0 Å². The van der Waals surface area contributed by atoms with E-state index in [1.165, 1.54) is 32.1 Å². The Bertz CT molecular complexity index is 214. The predicted molar refractivity (Wildman–Crippen MR) is 65.2 cm³/mol. The average Bonchev–Trinajstić information content (AvgIpc) is 3.00. The van der Waals surface area contributed by atoms with Crippen LogP contribution in [-0.2, 0) is 4.79 Å². The van der Waals surface area contributed by atoms with E-state index in [1.807, 2.05) is 0 Å². The van der Waals surface area contributed by atoms with Crippen LogP contribution in [0.25, 0.3) is 0 Å². The largest absolute Gasteiger partial charge is 0.481 e. The van der Waals surface area contributed by atoms with Gasteiger partial charge in [0.05, 0.1) is 0 Å². The molecule has 0 amide bonds. The van der Waals surface area contributed by atoms with Crippen molar-refractivity contribution in [2.45, 2.75) is 51.9 Å². The third-order valence-corrected chi connectivity index (χ3v) is 3.54. The Labute approximate surface area is 98.4 Å². The van der Waals surface area contributed by atoms with Gasteiger partial charge in [-0.25, -0.2) is 0 Å². The lowest BCUT2D eigenvalue weighted by Gasteiger charge is -2.17. The van der Waals surface area contributed by atoms with Gasteiger partial charge in [0.15, 0.2) is 0 Å². The van der Waals surface area contributed by atoms with E-state index in [9.17, 15) is 4.79 Å². The van der Waals surface area contributed by atoms with Crippen molar-refractivity contribution in [2.24, 2.45) is 23.5 Å². The quantitative estimate of drug-likeness (QED) is 0.636. The first-order chi connectivity index (χ1) is 7.61. The summed E-state index contributed by atoms with van der Waals surface area (Å²) in [5, 5.41) is 8.73. The third kappa shape index (κ3) is 6.11. The number of carboxylic acids is 1. The molecule has 0 spiro atoms. The molecule has 0 aromatic rings. The van der Waals surface area contributed by atoms with Crippen molar-refractivity contribution in [2.75, 3.05) is 6.54 Å². The van der Waals surface area contributed by atoms with Crippen LogP contribution in [0, 0.1) is 17.8 Å². The van der Waals surface area contributed by atoms with Gasteiger partial charge in [0.1, 0.15) is 0 Å². The molecule has 94 valence electrons. The van der Waals surface area contributed by atoms with Crippen LogP contribution in [-0.4, -0.2) is 17.6 Å². The summed E-state index contributed by atoms with van der Waals surface area (Å²) in [6, 6.07) is 0. The first-order valence-electron chi connectivity index (χ1n) is 6.53. The molecular weight excluding hydrogens is 202 g/mol. The maximum Gasteiger partial charge on any atom is 0.303 e. The molecule has 0 aromatic carbocycles. The standard InChI is InChI=1S/C13H25NO2/c1-10(3-2-4-11-5-6-11)7-12(9-14)8-13(15)16/h10-12H,2-9,14H2,1H3,(H,15,16)/t10-,12+/m1/s1. The normalized spacial score (nSPS) is 19.4. The molecule has 0 bridgehead atoms. The number of nitrogens with two attached hydrogens (primary N) is 1. The first kappa shape index (κ1) is 13.5. The van der Waals surface area contributed by atoms with Crippen molar-refractivity contribution in [3.05, 3.63) is 0 Å². The molecule has 1 saturated carbocycles. The summed E-state index contributed by atoms with van der Waals surface area (Å²) in [6.45, 7) is 2.72. The maximum atomic E-state index is 10.6. The lowest BCUT2D eigenvalue weighted by atomic mass is 9.90. The van der Waals surface area contributed by atoms with Gasteiger partial charge < -0.3 is 10.8 Å². The second kappa shape index (κ2) is 6.89. The van der Waals surface area contributed by atoms with Crippen molar-refractivity contribution in [1.82, 2.24) is 0 Å². The van der Waals surface area contributed by atoms with E-state index in [-0.39, 0.29) is 12.3 Å². The van der Waals surface area contributed by atoms with Gasteiger partial charge in [-0.15, -0.1) is 0 Å². The topological polar surface area (TPSA) is 63.3 Å². The Morgan fingerprint density at radius 2 is 2.19 bits per heavy atom. The van der Waals surface area contributed by atoms with E-state index in [4.69, 9.17) is 10.8 Å². The highest BCUT2D eigenvalue weighted by Gasteiger charge is 2.21. The zero-order valence-corrected chi connectivity index (χ0v) is 10.3. The Balaban J connectivity index is 2.08. The summed E-state index contributed by atoms with van der Waals surface area (Å²) >= 11 is 0. The van der Waals surface area contributed by atoms with Crippen LogP contribution in [0.5, 0.6) is 0 Å². The van der Waals surface area contributed by atoms with Gasteiger partial charge in [-0.05, 0) is 30.7 Å². The molecule has 1 fully saturated rings. The summed E-state index contributed by atoms with van der Waals surface area (Å²) in [7, 11) is 0. The lowest BCUT2D eigenvalue weighted by molar-refractivity contribution is -0.138. The number of carbonyl (C=O) groups is 1. The van der Waals surface area contributed by atoms with E-state index < -0.39 is 5.97 Å². The molecule has 0 aliphatic heterocycles. The van der Waals surface area contributed by atoms with Crippen LogP contribution in [0.1, 0.15) is 51.9 Å². The summed E-state index contributed by atoms with van der Waals surface area (Å²) in [6.07, 6.45) is 7.95. The zero-order chi connectivity index (χ0) is 12.0. The monoisotopic (exact) mass is 227 g/mol. The van der Waals surface area contributed by atoms with Crippen LogP contribution < -0.4 is 5.73 Å². The van der Waals surface area contributed by atoms with Gasteiger partial charge in [0.2, 0.25) is 0 Å². The third-order valence-electron chi connectivity index (χ3n) is 3.54. The summed E-state index contributed by atoms with van der Waals surface area (Å²) < 4.78 is 0. The summed E-state index contributed by atoms with van der Waals surface area (Å²) in [4.78, 5) is 10.6. The molecule has 0 aromatic heterocycles. The number of rotatable bonds is 9. The molecule has 1 aliphatic carbocycles. The number of hydrogen-bond donors (Lipinski definition) is 2. The fourth-order valence-electron chi connectivity index (χ4n) is 2.36. The van der Waals surface area contributed by atoms with E-state index >= 15 is 0 Å². The molecule has 0 unspecified atom stereocenters. The zero-order valence-electron chi connectivity index (χ0n) is 10.3. The molecular formula is C13H25NO2. The Morgan fingerprint density at radius 1 is 1.50 bits per heavy atom. The highest BCUT2D eigenvalue weighted by Crippen LogP contribution is 2.34. The van der Waals surface area contributed by atoms with Gasteiger partial charge in [0.25, 0.3) is 0 Å². The molecule has 3 N–H and O–H groups in total. The van der Waals surface area contributed by atoms with E-state index in [1.54, 1.807) is 0 Å². The molecule has 3 nitrogen and oxygen atoms in total. The lowest BCUT2D eigenvalue weighted by Crippen LogP contribution is -2.20. The van der Waals surface area contributed by atoms with Crippen LogP contribution in [0.15, 0.2) is 0 Å². The summed E-state index contributed by atoms with van der Waals surface area (Å²) in [5.74, 6) is 1.07. The fourth-order valence-corrected chi connectivity index (χ4v) is 2.36. The van der Waals surface area contributed by atoms with Crippen molar-refractivity contribution in [3.8, 4) is 0 Å². The molecule has 16 heavy (non-hydrogen) atoms. The van der Waals surface area contributed by atoms with Gasteiger partial charge in [-0.1, -0.05) is 39.0 Å². The van der Waals surface area contributed by atoms with Crippen LogP contribution in [0.4, 0.5) is 0 Å². The summed E-state index contributed by atoms with van der Waals surface area (Å²) in [5.41, 5.74) is 5.59. The first-order valence-corrected chi connectivity index (χ1v) is 6.53. The van der Waals surface area contributed by atoms with Crippen molar-refractivity contribution < 1.29 is 9.90 Å². The highest BCUT2D eigenvalue weighted by molar-refractivity contribution is 5.67. The average molecular weight is 227 g/mol. The van der Waals surface area contributed by atoms with Gasteiger partial charge >= 0.3 is 5.97 Å². The SMILES string of the molecule is C[C@H](CCCC1CC1)C[C@H](CN)CC(=O)O. The fraction of sp³-hybridized carbons (Fsp3) is 0.923. The molecule has 3 heteroatoms. The van der Waals surface area contributed by atoms with Gasteiger partial charge in [0, 0.05) is 6.42 Å². The van der Waals surface area contributed by atoms with Crippen LogP contribution in [0.2, 0.25) is 0 Å². The number of carboxylic acid groups (broad SMARTS) is 1. The second-order valence-electron chi connectivity index (χ2n) is 5.41. The minimum atomic E-state index is -0.722. The van der Waals surface area contributed by atoms with Gasteiger partial charge in [-0.2, -0.15) is 0 Å². The molecule has 1 aliphatic rings. The number of aliphatic carboxylic acids is 1. The van der Waals surface area contributed by atoms with Crippen molar-refractivity contribution in [1.29, 1.82) is 0 Å². The van der Waals surface area contributed by atoms with Gasteiger partial charge in [-0.3, -0.25) is 4.79 Å². The maximum absolute atomic E-state index is 10.6. The second-order valence-corrected chi connectivity index (χ2v) is 5.41.